The molecule has 2 aromatic rings. The van der Waals surface area contributed by atoms with Gasteiger partial charge < -0.3 is 10.1 Å². The molecule has 0 unspecified atom stereocenters. The van der Waals surface area contributed by atoms with E-state index >= 15 is 0 Å². The number of non-ortho nitro benzene ring substituents is 1. The van der Waals surface area contributed by atoms with Crippen LogP contribution in [-0.2, 0) is 0 Å². The summed E-state index contributed by atoms with van der Waals surface area (Å²) in [6.45, 7) is 0. The van der Waals surface area contributed by atoms with Crippen LogP contribution >= 0.6 is 39.1 Å². The minimum atomic E-state index is -0.528. The molecule has 0 bridgehead atoms. The normalized spacial score (nSPS) is 10.3. The summed E-state index contributed by atoms with van der Waals surface area (Å²) in [6, 6.07) is 6.84. The molecule has 6 nitrogen and oxygen atoms in total. The Balaban J connectivity index is 2.28. The number of ether oxygens (including phenoxy) is 1. The number of halogens is 3. The molecule has 2 rings (SSSR count). The highest BCUT2D eigenvalue weighted by atomic mass is 79.9. The van der Waals surface area contributed by atoms with Crippen LogP contribution in [0.2, 0.25) is 10.0 Å². The Bertz CT molecular complexity index is 775. The zero-order chi connectivity index (χ0) is 17.1. The van der Waals surface area contributed by atoms with Gasteiger partial charge in [0.25, 0.3) is 11.6 Å². The monoisotopic (exact) mass is 418 g/mol. The van der Waals surface area contributed by atoms with E-state index in [9.17, 15) is 14.9 Å². The van der Waals surface area contributed by atoms with E-state index in [1.54, 1.807) is 0 Å². The predicted molar refractivity (Wildman–Crippen MR) is 91.8 cm³/mol. The topological polar surface area (TPSA) is 81.5 Å². The van der Waals surface area contributed by atoms with Crippen molar-refractivity contribution in [2.24, 2.45) is 0 Å². The second-order valence-electron chi connectivity index (χ2n) is 4.35. The fourth-order valence-electron chi connectivity index (χ4n) is 1.80. The van der Waals surface area contributed by atoms with E-state index in [0.717, 1.165) is 0 Å². The zero-order valence-corrected chi connectivity index (χ0v) is 14.7. The number of carbonyl (C=O) groups is 1. The first-order valence-corrected chi connectivity index (χ1v) is 7.66. The molecule has 0 saturated heterocycles. The van der Waals surface area contributed by atoms with Crippen molar-refractivity contribution in [2.75, 3.05) is 12.4 Å². The van der Waals surface area contributed by atoms with Crippen LogP contribution in [0.5, 0.6) is 5.75 Å². The number of nitrogens with one attached hydrogen (secondary N) is 1. The van der Waals surface area contributed by atoms with Crippen LogP contribution in [0.4, 0.5) is 11.4 Å². The molecule has 0 spiro atoms. The number of methoxy groups -OCH3 is 1. The molecule has 0 heterocycles. The van der Waals surface area contributed by atoms with Crippen LogP contribution in [0, 0.1) is 10.1 Å². The lowest BCUT2D eigenvalue weighted by Crippen LogP contribution is -2.12. The molecule has 120 valence electrons. The van der Waals surface area contributed by atoms with Crippen LogP contribution < -0.4 is 10.1 Å². The van der Waals surface area contributed by atoms with Crippen molar-refractivity contribution in [2.45, 2.75) is 0 Å². The van der Waals surface area contributed by atoms with E-state index in [1.807, 2.05) is 0 Å². The summed E-state index contributed by atoms with van der Waals surface area (Å²) in [6.07, 6.45) is 0. The number of benzene rings is 2. The second kappa shape index (κ2) is 7.16. The molecule has 0 radical (unpaired) electrons. The fourth-order valence-corrected chi connectivity index (χ4v) is 2.91. The minimum Gasteiger partial charge on any atom is -0.494 e. The van der Waals surface area contributed by atoms with Crippen LogP contribution in [0.25, 0.3) is 0 Å². The third-order valence-corrected chi connectivity index (χ3v) is 4.09. The van der Waals surface area contributed by atoms with Gasteiger partial charge in [-0.05, 0) is 34.1 Å². The minimum absolute atomic E-state index is 0.0922. The molecule has 1 amide bonds. The summed E-state index contributed by atoms with van der Waals surface area (Å²) in [5.41, 5.74) is 0.514. The molecule has 0 saturated carbocycles. The van der Waals surface area contributed by atoms with Gasteiger partial charge in [0.1, 0.15) is 0 Å². The van der Waals surface area contributed by atoms with Crippen LogP contribution in [0.15, 0.2) is 34.8 Å². The first kappa shape index (κ1) is 17.5. The van der Waals surface area contributed by atoms with Gasteiger partial charge in [0.15, 0.2) is 5.75 Å². The molecule has 0 aliphatic rings. The molecule has 0 fully saturated rings. The molecule has 9 heteroatoms. The summed E-state index contributed by atoms with van der Waals surface area (Å²) in [5, 5.41) is 13.7. The Morgan fingerprint density at radius 2 is 1.87 bits per heavy atom. The average molecular weight is 420 g/mol. The van der Waals surface area contributed by atoms with Gasteiger partial charge in [0, 0.05) is 22.2 Å². The molecule has 0 atom stereocenters. The SMILES string of the molecule is COc1c(Cl)cc(C(=O)Nc2ccc([N+](=O)[O-])cc2Br)cc1Cl. The number of nitro groups is 1. The standard InChI is InChI=1S/C14H9BrCl2N2O4/c1-23-13-10(16)4-7(5-11(13)17)14(20)18-12-3-2-8(19(21)22)6-9(12)15/h2-6H,1H3,(H,18,20). The zero-order valence-electron chi connectivity index (χ0n) is 11.6. The van der Waals surface area contributed by atoms with Crippen molar-refractivity contribution in [3.63, 3.8) is 0 Å². The van der Waals surface area contributed by atoms with Crippen molar-refractivity contribution < 1.29 is 14.5 Å². The molecule has 1 N–H and O–H groups in total. The molecular formula is C14H9BrCl2N2O4. The summed E-state index contributed by atoms with van der Waals surface area (Å²) in [5.74, 6) is -0.188. The Morgan fingerprint density at radius 1 is 1.26 bits per heavy atom. The van der Waals surface area contributed by atoms with E-state index in [4.69, 9.17) is 27.9 Å². The number of anilines is 1. The molecule has 0 aliphatic heterocycles. The lowest BCUT2D eigenvalue weighted by atomic mass is 10.2. The number of rotatable bonds is 4. The summed E-state index contributed by atoms with van der Waals surface area (Å²) < 4.78 is 5.40. The predicted octanol–water partition coefficient (Wildman–Crippen LogP) is 4.93. The maximum Gasteiger partial charge on any atom is 0.270 e. The molecule has 0 aliphatic carbocycles. The summed E-state index contributed by atoms with van der Waals surface area (Å²) in [4.78, 5) is 22.4. The smallest absolute Gasteiger partial charge is 0.270 e. The van der Waals surface area contributed by atoms with E-state index in [0.29, 0.717) is 10.2 Å². The number of hydrogen-bond acceptors (Lipinski definition) is 4. The first-order chi connectivity index (χ1) is 10.8. The number of carbonyl (C=O) groups excluding carboxylic acids is 1. The number of nitro benzene ring substituents is 1. The molecule has 0 aromatic heterocycles. The van der Waals surface area contributed by atoms with Gasteiger partial charge >= 0.3 is 0 Å². The third-order valence-electron chi connectivity index (χ3n) is 2.88. The van der Waals surface area contributed by atoms with Crippen molar-refractivity contribution >= 4 is 56.4 Å². The number of hydrogen-bond donors (Lipinski definition) is 1. The average Bonchev–Trinajstić information content (AvgIpc) is 2.48. The highest BCUT2D eigenvalue weighted by molar-refractivity contribution is 9.10. The van der Waals surface area contributed by atoms with Gasteiger partial charge in [-0.25, -0.2) is 0 Å². The third kappa shape index (κ3) is 3.93. The van der Waals surface area contributed by atoms with Gasteiger partial charge in [-0.15, -0.1) is 0 Å². The quantitative estimate of drug-likeness (QED) is 0.562. The Morgan fingerprint density at radius 3 is 2.35 bits per heavy atom. The van der Waals surface area contributed by atoms with E-state index in [2.05, 4.69) is 21.2 Å². The summed E-state index contributed by atoms with van der Waals surface area (Å²) >= 11 is 15.2. The Labute approximate surface area is 149 Å². The number of nitrogens with zero attached hydrogens (tertiary/aromatic N) is 1. The number of amides is 1. The Kier molecular flexibility index (Phi) is 5.46. The maximum atomic E-state index is 12.3. The highest BCUT2D eigenvalue weighted by Gasteiger charge is 2.16. The van der Waals surface area contributed by atoms with Crippen LogP contribution in [-0.4, -0.2) is 17.9 Å². The fraction of sp³-hybridized carbons (Fsp3) is 0.0714. The van der Waals surface area contributed by atoms with Crippen LogP contribution in [0.3, 0.4) is 0 Å². The van der Waals surface area contributed by atoms with Gasteiger partial charge in [-0.1, -0.05) is 23.2 Å². The van der Waals surface area contributed by atoms with Crippen molar-refractivity contribution in [1.29, 1.82) is 0 Å². The van der Waals surface area contributed by atoms with Gasteiger partial charge in [-0.3, -0.25) is 14.9 Å². The Hall–Kier alpha value is -1.83. The maximum absolute atomic E-state index is 12.3. The lowest BCUT2D eigenvalue weighted by molar-refractivity contribution is -0.384. The van der Waals surface area contributed by atoms with E-state index < -0.39 is 10.8 Å². The van der Waals surface area contributed by atoms with Crippen molar-refractivity contribution in [3.8, 4) is 5.75 Å². The van der Waals surface area contributed by atoms with Gasteiger partial charge in [0.05, 0.1) is 27.8 Å². The van der Waals surface area contributed by atoms with Crippen molar-refractivity contribution in [3.05, 3.63) is 60.5 Å². The van der Waals surface area contributed by atoms with Crippen LogP contribution in [0.1, 0.15) is 10.4 Å². The molecular weight excluding hydrogens is 411 g/mol. The lowest BCUT2D eigenvalue weighted by Gasteiger charge is -2.10. The van der Waals surface area contributed by atoms with E-state index in [1.165, 1.54) is 37.4 Å². The van der Waals surface area contributed by atoms with Gasteiger partial charge in [0.2, 0.25) is 0 Å². The van der Waals surface area contributed by atoms with Gasteiger partial charge in [-0.2, -0.15) is 0 Å². The highest BCUT2D eigenvalue weighted by Crippen LogP contribution is 2.34. The largest absolute Gasteiger partial charge is 0.494 e. The molecule has 2 aromatic carbocycles. The van der Waals surface area contributed by atoms with Crippen molar-refractivity contribution in [1.82, 2.24) is 0 Å². The molecule has 23 heavy (non-hydrogen) atoms. The summed E-state index contributed by atoms with van der Waals surface area (Å²) in [7, 11) is 1.42. The van der Waals surface area contributed by atoms with E-state index in [-0.39, 0.29) is 27.0 Å². The first-order valence-electron chi connectivity index (χ1n) is 6.11. The second-order valence-corrected chi connectivity index (χ2v) is 6.02.